The van der Waals surface area contributed by atoms with Gasteiger partial charge < -0.3 is 10.8 Å². The van der Waals surface area contributed by atoms with Crippen molar-refractivity contribution in [1.29, 1.82) is 0 Å². The minimum atomic E-state index is -1.67. The Bertz CT molecular complexity index is 723. The minimum absolute atomic E-state index is 0.0336. The van der Waals surface area contributed by atoms with Crippen LogP contribution in [-0.2, 0) is 0 Å². The Balaban J connectivity index is 2.77. The van der Waals surface area contributed by atoms with Gasteiger partial charge in [-0.25, -0.2) is 18.6 Å². The number of nitrogens with zero attached hydrogens (tertiary/aromatic N) is 1. The molecule has 0 aliphatic rings. The van der Waals surface area contributed by atoms with E-state index in [4.69, 9.17) is 34.0 Å². The lowest BCUT2D eigenvalue weighted by atomic mass is 10.1. The fraction of sp³-hybridized carbons (Fsp3) is 0. The van der Waals surface area contributed by atoms with E-state index >= 15 is 0 Å². The van der Waals surface area contributed by atoms with Crippen LogP contribution < -0.4 is 5.73 Å². The molecule has 2 aromatic rings. The first-order valence-electron chi connectivity index (χ1n) is 5.16. The second-order valence-corrected chi connectivity index (χ2v) is 4.62. The van der Waals surface area contributed by atoms with Gasteiger partial charge in [-0.15, -0.1) is 0 Å². The predicted octanol–water partition coefficient (Wildman–Crippen LogP) is 3.61. The normalized spacial score (nSPS) is 10.6. The molecular weight excluding hydrogens is 313 g/mol. The standard InChI is InChI=1S/C12H6Cl2F2N2O2/c13-4-1-2-5(6(14)3-4)10-7(15)9(17)8(16)11(18-10)12(19)20/h1-3H,(H2,17,18)(H,19,20). The molecule has 0 saturated heterocycles. The SMILES string of the molecule is Nc1c(F)c(C(=O)O)nc(-c2ccc(Cl)cc2Cl)c1F. The molecule has 1 aromatic heterocycles. The second kappa shape index (κ2) is 5.22. The van der Waals surface area contributed by atoms with E-state index in [1.165, 1.54) is 18.2 Å². The van der Waals surface area contributed by atoms with Gasteiger partial charge in [0.05, 0.1) is 5.02 Å². The Labute approximate surface area is 121 Å². The highest BCUT2D eigenvalue weighted by Crippen LogP contribution is 2.33. The number of aromatic carboxylic acids is 1. The highest BCUT2D eigenvalue weighted by molar-refractivity contribution is 6.36. The average molecular weight is 319 g/mol. The lowest BCUT2D eigenvalue weighted by Gasteiger charge is -2.10. The molecule has 0 atom stereocenters. The van der Waals surface area contributed by atoms with E-state index in [9.17, 15) is 13.6 Å². The number of nitrogen functional groups attached to an aromatic ring is 1. The van der Waals surface area contributed by atoms with Crippen LogP contribution in [-0.4, -0.2) is 16.1 Å². The van der Waals surface area contributed by atoms with Gasteiger partial charge in [-0.2, -0.15) is 0 Å². The fourth-order valence-electron chi connectivity index (χ4n) is 1.56. The summed E-state index contributed by atoms with van der Waals surface area (Å²) in [5, 5.41) is 9.16. The van der Waals surface area contributed by atoms with Crippen molar-refractivity contribution >= 4 is 34.9 Å². The molecule has 0 unspecified atom stereocenters. The number of rotatable bonds is 2. The third-order valence-electron chi connectivity index (χ3n) is 2.50. The Hall–Kier alpha value is -1.92. The summed E-state index contributed by atoms with van der Waals surface area (Å²) in [5.41, 5.74) is 2.91. The minimum Gasteiger partial charge on any atom is -0.476 e. The van der Waals surface area contributed by atoms with Crippen molar-refractivity contribution in [1.82, 2.24) is 4.98 Å². The van der Waals surface area contributed by atoms with Gasteiger partial charge in [0.2, 0.25) is 0 Å². The average Bonchev–Trinajstić information content (AvgIpc) is 2.37. The van der Waals surface area contributed by atoms with Crippen LogP contribution in [0.1, 0.15) is 10.5 Å². The summed E-state index contributed by atoms with van der Waals surface area (Å²) in [6.45, 7) is 0. The molecule has 0 spiro atoms. The summed E-state index contributed by atoms with van der Waals surface area (Å²) in [7, 11) is 0. The fourth-order valence-corrected chi connectivity index (χ4v) is 2.06. The largest absolute Gasteiger partial charge is 0.476 e. The molecule has 1 heterocycles. The molecule has 20 heavy (non-hydrogen) atoms. The number of carbonyl (C=O) groups is 1. The first kappa shape index (κ1) is 14.5. The maximum atomic E-state index is 14.0. The summed E-state index contributed by atoms with van der Waals surface area (Å²) in [6.07, 6.45) is 0. The molecule has 4 nitrogen and oxygen atoms in total. The van der Waals surface area contributed by atoms with Gasteiger partial charge >= 0.3 is 5.97 Å². The van der Waals surface area contributed by atoms with Gasteiger partial charge in [0, 0.05) is 10.6 Å². The van der Waals surface area contributed by atoms with Gasteiger partial charge in [-0.3, -0.25) is 0 Å². The quantitative estimate of drug-likeness (QED) is 0.886. The summed E-state index contributed by atoms with van der Waals surface area (Å²) < 4.78 is 27.5. The maximum absolute atomic E-state index is 14.0. The van der Waals surface area contributed by atoms with Crippen LogP contribution in [0.5, 0.6) is 0 Å². The number of carboxylic acid groups (broad SMARTS) is 1. The van der Waals surface area contributed by atoms with E-state index < -0.39 is 34.7 Å². The topological polar surface area (TPSA) is 76.2 Å². The number of hydrogen-bond acceptors (Lipinski definition) is 3. The molecule has 8 heteroatoms. The van der Waals surface area contributed by atoms with Crippen LogP contribution in [0.25, 0.3) is 11.3 Å². The Morgan fingerprint density at radius 2 is 1.90 bits per heavy atom. The molecule has 0 aliphatic heterocycles. The number of anilines is 1. The zero-order valence-corrected chi connectivity index (χ0v) is 11.1. The maximum Gasteiger partial charge on any atom is 0.357 e. The number of hydrogen-bond donors (Lipinski definition) is 2. The molecule has 0 amide bonds. The van der Waals surface area contributed by atoms with E-state index in [0.29, 0.717) is 5.02 Å². The predicted molar refractivity (Wildman–Crippen MR) is 71.0 cm³/mol. The van der Waals surface area contributed by atoms with Gasteiger partial charge in [-0.05, 0) is 18.2 Å². The Morgan fingerprint density at radius 3 is 2.45 bits per heavy atom. The van der Waals surface area contributed by atoms with Gasteiger partial charge in [-0.1, -0.05) is 23.2 Å². The third kappa shape index (κ3) is 2.39. The molecule has 0 bridgehead atoms. The monoisotopic (exact) mass is 318 g/mol. The zero-order chi connectivity index (χ0) is 15.0. The molecule has 104 valence electrons. The van der Waals surface area contributed by atoms with Crippen molar-refractivity contribution in [3.8, 4) is 11.3 Å². The van der Waals surface area contributed by atoms with Gasteiger partial charge in [0.25, 0.3) is 0 Å². The van der Waals surface area contributed by atoms with E-state index in [1.54, 1.807) is 0 Å². The highest BCUT2D eigenvalue weighted by Gasteiger charge is 2.24. The van der Waals surface area contributed by atoms with Crippen LogP contribution in [0.4, 0.5) is 14.5 Å². The first-order valence-corrected chi connectivity index (χ1v) is 5.91. The lowest BCUT2D eigenvalue weighted by Crippen LogP contribution is -2.11. The van der Waals surface area contributed by atoms with Crippen LogP contribution in [0.15, 0.2) is 18.2 Å². The molecule has 3 N–H and O–H groups in total. The van der Waals surface area contributed by atoms with E-state index in [-0.39, 0.29) is 10.6 Å². The zero-order valence-electron chi connectivity index (χ0n) is 9.62. The number of nitrogens with two attached hydrogens (primary N) is 1. The van der Waals surface area contributed by atoms with E-state index in [2.05, 4.69) is 4.98 Å². The number of carboxylic acids is 1. The summed E-state index contributed by atoms with van der Waals surface area (Å²) in [4.78, 5) is 14.3. The number of halogens is 4. The van der Waals surface area contributed by atoms with Crippen molar-refractivity contribution in [2.24, 2.45) is 0 Å². The van der Waals surface area contributed by atoms with Crippen LogP contribution in [0.3, 0.4) is 0 Å². The second-order valence-electron chi connectivity index (χ2n) is 3.78. The molecule has 2 rings (SSSR count). The Kier molecular flexibility index (Phi) is 3.78. The van der Waals surface area contributed by atoms with Crippen molar-refractivity contribution < 1.29 is 18.7 Å². The summed E-state index contributed by atoms with van der Waals surface area (Å²) in [5.74, 6) is -4.28. The number of benzene rings is 1. The summed E-state index contributed by atoms with van der Waals surface area (Å²) >= 11 is 11.6. The first-order chi connectivity index (χ1) is 9.32. The highest BCUT2D eigenvalue weighted by atomic mass is 35.5. The van der Waals surface area contributed by atoms with Crippen molar-refractivity contribution in [3.05, 3.63) is 45.6 Å². The van der Waals surface area contributed by atoms with Crippen molar-refractivity contribution in [2.75, 3.05) is 5.73 Å². The van der Waals surface area contributed by atoms with Gasteiger partial charge in [0.15, 0.2) is 17.3 Å². The molecule has 0 radical (unpaired) electrons. The number of aromatic nitrogens is 1. The smallest absolute Gasteiger partial charge is 0.357 e. The lowest BCUT2D eigenvalue weighted by molar-refractivity contribution is 0.0685. The summed E-state index contributed by atoms with van der Waals surface area (Å²) in [6, 6.07) is 4.06. The van der Waals surface area contributed by atoms with Crippen molar-refractivity contribution in [2.45, 2.75) is 0 Å². The molecule has 1 aromatic carbocycles. The number of pyridine rings is 1. The van der Waals surface area contributed by atoms with Crippen LogP contribution >= 0.6 is 23.2 Å². The Morgan fingerprint density at radius 1 is 1.25 bits per heavy atom. The van der Waals surface area contributed by atoms with E-state index in [1.807, 2.05) is 0 Å². The van der Waals surface area contributed by atoms with Crippen LogP contribution in [0.2, 0.25) is 10.0 Å². The van der Waals surface area contributed by atoms with Gasteiger partial charge in [0.1, 0.15) is 11.4 Å². The third-order valence-corrected chi connectivity index (χ3v) is 3.05. The molecular formula is C12H6Cl2F2N2O2. The molecule has 0 saturated carbocycles. The van der Waals surface area contributed by atoms with Crippen LogP contribution in [0, 0.1) is 11.6 Å². The van der Waals surface area contributed by atoms with E-state index in [0.717, 1.165) is 0 Å². The van der Waals surface area contributed by atoms with Crippen molar-refractivity contribution in [3.63, 3.8) is 0 Å². The molecule has 0 aliphatic carbocycles. The molecule has 0 fully saturated rings.